The molecule has 0 radical (unpaired) electrons. The number of nitrogens with two attached hydrogens (primary N) is 1. The summed E-state index contributed by atoms with van der Waals surface area (Å²) in [6, 6.07) is 7.88. The van der Waals surface area contributed by atoms with Crippen molar-refractivity contribution in [2.45, 2.75) is 44.6 Å². The van der Waals surface area contributed by atoms with Crippen LogP contribution in [0.3, 0.4) is 0 Å². The van der Waals surface area contributed by atoms with E-state index in [1.165, 1.54) is 12.0 Å². The normalized spacial score (nSPS) is 18.8. The lowest BCUT2D eigenvalue weighted by atomic mass is 10.1. The highest BCUT2D eigenvalue weighted by Crippen LogP contribution is 2.16. The fraction of sp³-hybridized carbons (Fsp3) is 0.500. The average Bonchev–Trinajstić information content (AvgIpc) is 2.95. The van der Waals surface area contributed by atoms with Crippen LogP contribution in [0, 0.1) is 0 Å². The molecule has 112 valence electrons. The van der Waals surface area contributed by atoms with Crippen molar-refractivity contribution in [3.63, 3.8) is 0 Å². The van der Waals surface area contributed by atoms with E-state index in [9.17, 15) is 0 Å². The van der Waals surface area contributed by atoms with Crippen LogP contribution in [0.2, 0.25) is 0 Å². The Morgan fingerprint density at radius 1 is 1.14 bits per heavy atom. The van der Waals surface area contributed by atoms with Crippen molar-refractivity contribution in [1.29, 1.82) is 0 Å². The first-order valence-corrected chi connectivity index (χ1v) is 7.57. The molecular formula is C16H21N3O2. The van der Waals surface area contributed by atoms with Crippen LogP contribution in [0.15, 0.2) is 28.8 Å². The van der Waals surface area contributed by atoms with Crippen LogP contribution >= 0.6 is 0 Å². The zero-order valence-electron chi connectivity index (χ0n) is 12.1. The van der Waals surface area contributed by atoms with Crippen molar-refractivity contribution >= 4 is 5.69 Å². The molecule has 1 saturated heterocycles. The Morgan fingerprint density at radius 3 is 2.76 bits per heavy atom. The van der Waals surface area contributed by atoms with Crippen molar-refractivity contribution in [2.24, 2.45) is 0 Å². The second-order valence-corrected chi connectivity index (χ2v) is 5.54. The van der Waals surface area contributed by atoms with Gasteiger partial charge in [-0.1, -0.05) is 17.3 Å². The van der Waals surface area contributed by atoms with Crippen LogP contribution in [-0.2, 0) is 24.0 Å². The van der Waals surface area contributed by atoms with Gasteiger partial charge in [0.2, 0.25) is 5.89 Å². The minimum absolute atomic E-state index is 0.251. The molecule has 0 aliphatic carbocycles. The minimum Gasteiger partial charge on any atom is -0.399 e. The molecule has 2 heterocycles. The number of aryl methyl sites for hydroxylation is 2. The van der Waals surface area contributed by atoms with Gasteiger partial charge < -0.3 is 15.0 Å². The molecule has 0 amide bonds. The topological polar surface area (TPSA) is 74.2 Å². The second kappa shape index (κ2) is 6.72. The summed E-state index contributed by atoms with van der Waals surface area (Å²) in [5, 5.41) is 4.05. The summed E-state index contributed by atoms with van der Waals surface area (Å²) in [6.45, 7) is 0.854. The van der Waals surface area contributed by atoms with Crippen LogP contribution in [0.4, 0.5) is 5.69 Å². The van der Waals surface area contributed by atoms with E-state index < -0.39 is 0 Å². The van der Waals surface area contributed by atoms with Crippen LogP contribution < -0.4 is 5.73 Å². The number of nitrogen functional groups attached to an aromatic ring is 1. The van der Waals surface area contributed by atoms with Crippen molar-refractivity contribution in [1.82, 2.24) is 10.1 Å². The summed E-state index contributed by atoms with van der Waals surface area (Å²) in [4.78, 5) is 4.45. The molecule has 1 aromatic heterocycles. The molecule has 0 saturated carbocycles. The Kier molecular flexibility index (Phi) is 4.50. The van der Waals surface area contributed by atoms with Gasteiger partial charge in [0.1, 0.15) is 0 Å². The van der Waals surface area contributed by atoms with Gasteiger partial charge in [0, 0.05) is 25.1 Å². The lowest BCUT2D eigenvalue weighted by molar-refractivity contribution is 0.0153. The van der Waals surface area contributed by atoms with Crippen LogP contribution in [0.1, 0.15) is 36.5 Å². The number of hydrogen-bond acceptors (Lipinski definition) is 5. The molecule has 1 aromatic carbocycles. The maximum Gasteiger partial charge on any atom is 0.226 e. The third-order valence-electron chi connectivity index (χ3n) is 3.80. The molecule has 1 aliphatic heterocycles. The Labute approximate surface area is 124 Å². The standard InChI is InChI=1S/C16H21N3O2/c17-13-7-4-12(5-8-13)6-9-16-18-15(19-21-16)11-14-3-1-2-10-20-14/h4-5,7-8,14H,1-3,6,9-11,17H2. The predicted molar refractivity (Wildman–Crippen MR) is 79.9 cm³/mol. The monoisotopic (exact) mass is 287 g/mol. The van der Waals surface area contributed by atoms with Crippen LogP contribution in [0.5, 0.6) is 0 Å². The summed E-state index contributed by atoms with van der Waals surface area (Å²) in [5.41, 5.74) is 7.68. The van der Waals surface area contributed by atoms with Gasteiger partial charge in [-0.05, 0) is 43.4 Å². The number of anilines is 1. The fourth-order valence-corrected chi connectivity index (χ4v) is 2.58. The SMILES string of the molecule is Nc1ccc(CCc2nc(CC3CCCCO3)no2)cc1. The molecule has 0 bridgehead atoms. The first-order valence-electron chi connectivity index (χ1n) is 7.57. The molecule has 1 unspecified atom stereocenters. The summed E-state index contributed by atoms with van der Waals surface area (Å²) in [5.74, 6) is 1.45. The van der Waals surface area contributed by atoms with Crippen LogP contribution in [-0.4, -0.2) is 22.9 Å². The Hall–Kier alpha value is -1.88. The van der Waals surface area contributed by atoms with Gasteiger partial charge in [-0.2, -0.15) is 4.98 Å². The summed E-state index contributed by atoms with van der Waals surface area (Å²) < 4.78 is 11.0. The van der Waals surface area contributed by atoms with E-state index in [1.54, 1.807) is 0 Å². The number of hydrogen-bond donors (Lipinski definition) is 1. The van der Waals surface area contributed by atoms with Crippen molar-refractivity contribution in [3.05, 3.63) is 41.5 Å². The van der Waals surface area contributed by atoms with Gasteiger partial charge in [-0.15, -0.1) is 0 Å². The van der Waals surface area contributed by atoms with Gasteiger partial charge >= 0.3 is 0 Å². The molecule has 21 heavy (non-hydrogen) atoms. The van der Waals surface area contributed by atoms with Crippen LogP contribution in [0.25, 0.3) is 0 Å². The van der Waals surface area contributed by atoms with E-state index in [0.717, 1.165) is 50.2 Å². The summed E-state index contributed by atoms with van der Waals surface area (Å²) >= 11 is 0. The molecule has 1 atom stereocenters. The Bertz CT molecular complexity index is 559. The Morgan fingerprint density at radius 2 is 2.00 bits per heavy atom. The van der Waals surface area contributed by atoms with E-state index in [0.29, 0.717) is 5.89 Å². The molecule has 3 rings (SSSR count). The predicted octanol–water partition coefficient (Wildman–Crippen LogP) is 2.55. The molecule has 1 aliphatic rings. The van der Waals surface area contributed by atoms with Gasteiger partial charge in [-0.3, -0.25) is 0 Å². The molecule has 2 aromatic rings. The van der Waals surface area contributed by atoms with E-state index >= 15 is 0 Å². The zero-order valence-corrected chi connectivity index (χ0v) is 12.1. The highest BCUT2D eigenvalue weighted by molar-refractivity contribution is 5.39. The van der Waals surface area contributed by atoms with Crippen molar-refractivity contribution < 1.29 is 9.26 Å². The van der Waals surface area contributed by atoms with Crippen molar-refractivity contribution in [2.75, 3.05) is 12.3 Å². The van der Waals surface area contributed by atoms with Gasteiger partial charge in [-0.25, -0.2) is 0 Å². The quantitative estimate of drug-likeness (QED) is 0.855. The summed E-state index contributed by atoms with van der Waals surface area (Å²) in [7, 11) is 0. The second-order valence-electron chi connectivity index (χ2n) is 5.54. The van der Waals surface area contributed by atoms with E-state index in [-0.39, 0.29) is 6.10 Å². The molecular weight excluding hydrogens is 266 g/mol. The molecule has 5 heteroatoms. The zero-order chi connectivity index (χ0) is 14.5. The van der Waals surface area contributed by atoms with Gasteiger partial charge in [0.25, 0.3) is 0 Å². The third kappa shape index (κ3) is 4.04. The number of aromatic nitrogens is 2. The largest absolute Gasteiger partial charge is 0.399 e. The maximum atomic E-state index is 5.70. The van der Waals surface area contributed by atoms with Gasteiger partial charge in [0.05, 0.1) is 6.10 Å². The van der Waals surface area contributed by atoms with Crippen molar-refractivity contribution in [3.8, 4) is 0 Å². The molecule has 5 nitrogen and oxygen atoms in total. The third-order valence-corrected chi connectivity index (χ3v) is 3.80. The fourth-order valence-electron chi connectivity index (χ4n) is 2.58. The number of nitrogens with zero attached hydrogens (tertiary/aromatic N) is 2. The van der Waals surface area contributed by atoms with E-state index in [2.05, 4.69) is 10.1 Å². The maximum absolute atomic E-state index is 5.70. The minimum atomic E-state index is 0.251. The van der Waals surface area contributed by atoms with E-state index in [1.807, 2.05) is 24.3 Å². The highest BCUT2D eigenvalue weighted by atomic mass is 16.5. The van der Waals surface area contributed by atoms with E-state index in [4.69, 9.17) is 15.0 Å². The highest BCUT2D eigenvalue weighted by Gasteiger charge is 2.17. The van der Waals surface area contributed by atoms with Gasteiger partial charge in [0.15, 0.2) is 5.82 Å². The lowest BCUT2D eigenvalue weighted by Crippen LogP contribution is -2.21. The molecule has 0 spiro atoms. The summed E-state index contributed by atoms with van der Waals surface area (Å²) in [6.07, 6.45) is 6.12. The lowest BCUT2D eigenvalue weighted by Gasteiger charge is -2.20. The number of rotatable bonds is 5. The number of ether oxygens (including phenoxy) is 1. The first-order chi connectivity index (χ1) is 10.3. The number of benzene rings is 1. The smallest absolute Gasteiger partial charge is 0.226 e. The Balaban J connectivity index is 1.51. The average molecular weight is 287 g/mol. The molecule has 1 fully saturated rings. The first kappa shape index (κ1) is 14.1. The molecule has 2 N–H and O–H groups in total.